The van der Waals surface area contributed by atoms with E-state index in [1.54, 1.807) is 6.20 Å². The predicted octanol–water partition coefficient (Wildman–Crippen LogP) is 3.03. The molecule has 1 heterocycles. The number of benzene rings is 1. The minimum atomic E-state index is 0.127. The molecule has 2 aromatic rings. The van der Waals surface area contributed by atoms with Gasteiger partial charge in [-0.05, 0) is 30.4 Å². The molecule has 0 aliphatic rings. The third kappa shape index (κ3) is 3.39. The van der Waals surface area contributed by atoms with Crippen LogP contribution in [0.15, 0.2) is 30.6 Å². The lowest BCUT2D eigenvalue weighted by Gasteiger charge is -2.26. The van der Waals surface area contributed by atoms with Gasteiger partial charge >= 0.3 is 0 Å². The second-order valence-electron chi connectivity index (χ2n) is 5.97. The monoisotopic (exact) mass is 273 g/mol. The molecule has 0 radical (unpaired) electrons. The molecular formula is C16H23N3O. The van der Waals surface area contributed by atoms with Gasteiger partial charge in [-0.3, -0.25) is 4.98 Å². The molecule has 0 saturated heterocycles. The fourth-order valence-corrected chi connectivity index (χ4v) is 2.33. The Kier molecular flexibility index (Phi) is 4.45. The maximum atomic E-state index is 8.93. The van der Waals surface area contributed by atoms with E-state index in [4.69, 9.17) is 10.8 Å². The SMILES string of the molecule is CC(C)(CCCO)CNc1ccc2cnccc2c1N. The summed E-state index contributed by atoms with van der Waals surface area (Å²) in [4.78, 5) is 4.10. The molecule has 0 fully saturated rings. The van der Waals surface area contributed by atoms with Crippen molar-refractivity contribution in [3.05, 3.63) is 30.6 Å². The summed E-state index contributed by atoms with van der Waals surface area (Å²) in [5.41, 5.74) is 8.07. The van der Waals surface area contributed by atoms with Gasteiger partial charge in [-0.15, -0.1) is 0 Å². The predicted molar refractivity (Wildman–Crippen MR) is 84.7 cm³/mol. The number of nitrogens with one attached hydrogen (secondary N) is 1. The molecule has 20 heavy (non-hydrogen) atoms. The van der Waals surface area contributed by atoms with Crippen LogP contribution in [-0.4, -0.2) is 23.2 Å². The van der Waals surface area contributed by atoms with E-state index in [-0.39, 0.29) is 12.0 Å². The molecule has 108 valence electrons. The second-order valence-corrected chi connectivity index (χ2v) is 5.97. The van der Waals surface area contributed by atoms with E-state index in [9.17, 15) is 0 Å². The lowest BCUT2D eigenvalue weighted by Crippen LogP contribution is -2.23. The topological polar surface area (TPSA) is 71.2 Å². The van der Waals surface area contributed by atoms with Crippen molar-refractivity contribution in [2.24, 2.45) is 5.41 Å². The van der Waals surface area contributed by atoms with Gasteiger partial charge in [-0.1, -0.05) is 19.9 Å². The summed E-state index contributed by atoms with van der Waals surface area (Å²) < 4.78 is 0. The van der Waals surface area contributed by atoms with Gasteiger partial charge in [-0.25, -0.2) is 0 Å². The van der Waals surface area contributed by atoms with E-state index in [1.807, 2.05) is 24.4 Å². The first kappa shape index (κ1) is 14.6. The second kappa shape index (κ2) is 6.09. The van der Waals surface area contributed by atoms with E-state index in [0.717, 1.165) is 41.5 Å². The van der Waals surface area contributed by atoms with Crippen LogP contribution in [-0.2, 0) is 0 Å². The molecule has 0 atom stereocenters. The zero-order valence-electron chi connectivity index (χ0n) is 12.2. The normalized spacial score (nSPS) is 11.8. The maximum Gasteiger partial charge on any atom is 0.0630 e. The Balaban J connectivity index is 2.12. The molecule has 0 amide bonds. The van der Waals surface area contributed by atoms with E-state index >= 15 is 0 Å². The van der Waals surface area contributed by atoms with Gasteiger partial charge in [-0.2, -0.15) is 0 Å². The van der Waals surface area contributed by atoms with Gasteiger partial charge in [0, 0.05) is 36.3 Å². The van der Waals surface area contributed by atoms with Gasteiger partial charge in [0.15, 0.2) is 0 Å². The van der Waals surface area contributed by atoms with E-state index in [0.29, 0.717) is 0 Å². The number of nitrogens with zero attached hydrogens (tertiary/aromatic N) is 1. The molecule has 4 nitrogen and oxygen atoms in total. The largest absolute Gasteiger partial charge is 0.397 e. The quantitative estimate of drug-likeness (QED) is 0.707. The summed E-state index contributed by atoms with van der Waals surface area (Å²) in [6, 6.07) is 5.97. The minimum absolute atomic E-state index is 0.127. The number of nitrogen functional groups attached to an aromatic ring is 1. The highest BCUT2D eigenvalue weighted by molar-refractivity contribution is 5.98. The Morgan fingerprint density at radius 1 is 1.30 bits per heavy atom. The molecule has 1 aromatic carbocycles. The van der Waals surface area contributed by atoms with E-state index in [1.165, 1.54) is 0 Å². The third-order valence-electron chi connectivity index (χ3n) is 3.63. The summed E-state index contributed by atoms with van der Waals surface area (Å²) in [5, 5.41) is 14.4. The molecule has 4 heteroatoms. The highest BCUT2D eigenvalue weighted by Gasteiger charge is 2.17. The summed E-state index contributed by atoms with van der Waals surface area (Å²) >= 11 is 0. The number of aliphatic hydroxyl groups is 1. The number of aromatic nitrogens is 1. The number of rotatable bonds is 6. The molecule has 0 saturated carbocycles. The Bertz CT molecular complexity index is 581. The molecule has 4 N–H and O–H groups in total. The average molecular weight is 273 g/mol. The summed E-state index contributed by atoms with van der Waals surface area (Å²) in [6.45, 7) is 5.45. The van der Waals surface area contributed by atoms with Crippen LogP contribution < -0.4 is 11.1 Å². The fourth-order valence-electron chi connectivity index (χ4n) is 2.33. The number of fused-ring (bicyclic) bond motifs is 1. The molecule has 0 spiro atoms. The zero-order chi connectivity index (χ0) is 14.6. The van der Waals surface area contributed by atoms with Crippen LogP contribution in [0, 0.1) is 5.41 Å². The first-order chi connectivity index (χ1) is 9.53. The van der Waals surface area contributed by atoms with E-state index < -0.39 is 0 Å². The van der Waals surface area contributed by atoms with Gasteiger partial charge in [0.25, 0.3) is 0 Å². The molecular weight excluding hydrogens is 250 g/mol. The fraction of sp³-hybridized carbons (Fsp3) is 0.438. The number of nitrogens with two attached hydrogens (primary N) is 1. The number of hydrogen-bond acceptors (Lipinski definition) is 4. The Hall–Kier alpha value is -1.81. The van der Waals surface area contributed by atoms with Gasteiger partial charge in [0.1, 0.15) is 0 Å². The molecule has 2 rings (SSSR count). The number of hydrogen-bond donors (Lipinski definition) is 3. The van der Waals surface area contributed by atoms with Crippen molar-refractivity contribution < 1.29 is 5.11 Å². The summed E-state index contributed by atoms with van der Waals surface area (Å²) in [6.07, 6.45) is 5.38. The van der Waals surface area contributed by atoms with Crippen molar-refractivity contribution in [2.75, 3.05) is 24.2 Å². The first-order valence-corrected chi connectivity index (χ1v) is 7.00. The van der Waals surface area contributed by atoms with Gasteiger partial charge in [0.05, 0.1) is 11.4 Å². The van der Waals surface area contributed by atoms with Crippen LogP contribution in [0.2, 0.25) is 0 Å². The third-order valence-corrected chi connectivity index (χ3v) is 3.63. The van der Waals surface area contributed by atoms with Gasteiger partial charge < -0.3 is 16.2 Å². The van der Waals surface area contributed by atoms with Crippen LogP contribution in [0.5, 0.6) is 0 Å². The van der Waals surface area contributed by atoms with Crippen molar-refractivity contribution in [1.82, 2.24) is 4.98 Å². The van der Waals surface area contributed by atoms with Crippen molar-refractivity contribution in [1.29, 1.82) is 0 Å². The average Bonchev–Trinajstić information content (AvgIpc) is 2.45. The Labute approximate surface area is 120 Å². The summed E-state index contributed by atoms with van der Waals surface area (Å²) in [7, 11) is 0. The maximum absolute atomic E-state index is 8.93. The van der Waals surface area contributed by atoms with Crippen LogP contribution in [0.25, 0.3) is 10.8 Å². The van der Waals surface area contributed by atoms with Crippen molar-refractivity contribution in [3.8, 4) is 0 Å². The standard InChI is InChI=1S/C16H23N3O/c1-16(2,7-3-9-20)11-19-14-5-4-12-10-18-8-6-13(12)15(14)17/h4-6,8,10,19-20H,3,7,9,11,17H2,1-2H3. The molecule has 0 aliphatic carbocycles. The van der Waals surface area contributed by atoms with Gasteiger partial charge in [0.2, 0.25) is 0 Å². The highest BCUT2D eigenvalue weighted by atomic mass is 16.2. The lowest BCUT2D eigenvalue weighted by molar-refractivity contribution is 0.248. The van der Waals surface area contributed by atoms with Crippen molar-refractivity contribution in [2.45, 2.75) is 26.7 Å². The number of pyridine rings is 1. The first-order valence-electron chi connectivity index (χ1n) is 7.00. The van der Waals surface area contributed by atoms with Crippen molar-refractivity contribution >= 4 is 22.1 Å². The number of aliphatic hydroxyl groups excluding tert-OH is 1. The Morgan fingerprint density at radius 3 is 2.85 bits per heavy atom. The Morgan fingerprint density at radius 2 is 2.10 bits per heavy atom. The van der Waals surface area contributed by atoms with Crippen LogP contribution in [0.1, 0.15) is 26.7 Å². The van der Waals surface area contributed by atoms with Crippen LogP contribution in [0.3, 0.4) is 0 Å². The van der Waals surface area contributed by atoms with E-state index in [2.05, 4.69) is 24.1 Å². The minimum Gasteiger partial charge on any atom is -0.397 e. The zero-order valence-corrected chi connectivity index (χ0v) is 12.2. The smallest absolute Gasteiger partial charge is 0.0630 e. The van der Waals surface area contributed by atoms with Crippen LogP contribution >= 0.6 is 0 Å². The van der Waals surface area contributed by atoms with Crippen LogP contribution in [0.4, 0.5) is 11.4 Å². The summed E-state index contributed by atoms with van der Waals surface area (Å²) in [5.74, 6) is 0. The highest BCUT2D eigenvalue weighted by Crippen LogP contribution is 2.30. The number of anilines is 2. The van der Waals surface area contributed by atoms with Crippen molar-refractivity contribution in [3.63, 3.8) is 0 Å². The molecule has 1 aromatic heterocycles. The molecule has 0 unspecified atom stereocenters. The molecule has 0 bridgehead atoms. The lowest BCUT2D eigenvalue weighted by atomic mass is 9.88. The molecule has 0 aliphatic heterocycles.